The summed E-state index contributed by atoms with van der Waals surface area (Å²) in [6, 6.07) is 1.42. The number of methoxy groups -OCH3 is 2. The topological polar surface area (TPSA) is 128 Å². The van der Waals surface area contributed by atoms with E-state index in [0.717, 1.165) is 10.7 Å². The lowest BCUT2D eigenvalue weighted by Gasteiger charge is -2.23. The molecular formula is C16H22N2O8S2. The molecule has 10 nitrogen and oxygen atoms in total. The van der Waals surface area contributed by atoms with Crippen molar-refractivity contribution in [2.75, 3.05) is 32.8 Å². The second-order valence-corrected chi connectivity index (χ2v) is 8.10. The maximum Gasteiger partial charge on any atom is 0.410 e. The number of nitrogens with zero attached hydrogens (tertiary/aromatic N) is 2. The van der Waals surface area contributed by atoms with Crippen LogP contribution in [0.2, 0.25) is 0 Å². The second kappa shape index (κ2) is 11.5. The Morgan fingerprint density at radius 3 is 2.36 bits per heavy atom. The zero-order valence-corrected chi connectivity index (χ0v) is 17.5. The zero-order chi connectivity index (χ0) is 21.3. The Hall–Kier alpha value is -2.34. The number of carbonyl (C=O) groups is 2. The molecule has 0 aromatic heterocycles. The first kappa shape index (κ1) is 23.7. The summed E-state index contributed by atoms with van der Waals surface area (Å²) in [6.45, 7) is 1.50. The summed E-state index contributed by atoms with van der Waals surface area (Å²) in [5.41, 5.74) is -0.218. The third-order valence-corrected chi connectivity index (χ3v) is 6.07. The van der Waals surface area contributed by atoms with Gasteiger partial charge in [0, 0.05) is 18.6 Å². The van der Waals surface area contributed by atoms with Crippen molar-refractivity contribution in [1.82, 2.24) is 4.90 Å². The van der Waals surface area contributed by atoms with Gasteiger partial charge in [-0.15, -0.1) is 0 Å². The predicted octanol–water partition coefficient (Wildman–Crippen LogP) is 3.03. The van der Waals surface area contributed by atoms with Gasteiger partial charge in [-0.25, -0.2) is 9.59 Å². The number of carbonyl (C=O) groups excluding carboxylic acids is 1. The van der Waals surface area contributed by atoms with Crippen molar-refractivity contribution in [3.05, 3.63) is 27.8 Å². The molecule has 0 saturated carbocycles. The number of hydrogen-bond acceptors (Lipinski definition) is 9. The molecule has 0 heterocycles. The standard InChI is InChI=1S/C16H22N2O8S2/c1-5-27-28-9-12(15(19)20)17(2)16(21)26-8-10-6-13(24-3)14(25-4)7-11(10)18(22)23/h6-7,12H,5,8-9H2,1-4H3,(H,19,20). The van der Waals surface area contributed by atoms with Crippen LogP contribution in [0.25, 0.3) is 0 Å². The van der Waals surface area contributed by atoms with Crippen LogP contribution in [0.4, 0.5) is 10.5 Å². The molecule has 1 rings (SSSR count). The molecule has 1 atom stereocenters. The number of likely N-dealkylation sites (N-methyl/N-ethyl adjacent to an activating group) is 1. The minimum Gasteiger partial charge on any atom is -0.493 e. The first-order valence-electron chi connectivity index (χ1n) is 8.02. The largest absolute Gasteiger partial charge is 0.493 e. The Balaban J connectivity index is 2.93. The normalized spacial score (nSPS) is 11.4. The number of rotatable bonds is 11. The van der Waals surface area contributed by atoms with Crippen LogP contribution < -0.4 is 9.47 Å². The first-order chi connectivity index (χ1) is 13.3. The number of benzene rings is 1. The Labute approximate surface area is 170 Å². The summed E-state index contributed by atoms with van der Waals surface area (Å²) in [5.74, 6) is 0.215. The Morgan fingerprint density at radius 2 is 1.86 bits per heavy atom. The van der Waals surface area contributed by atoms with Gasteiger partial charge in [0.25, 0.3) is 5.69 Å². The zero-order valence-electron chi connectivity index (χ0n) is 15.9. The second-order valence-electron chi connectivity index (χ2n) is 5.30. The van der Waals surface area contributed by atoms with Gasteiger partial charge in [-0.3, -0.25) is 15.0 Å². The summed E-state index contributed by atoms with van der Waals surface area (Å²) >= 11 is 0. The lowest BCUT2D eigenvalue weighted by molar-refractivity contribution is -0.385. The van der Waals surface area contributed by atoms with E-state index in [1.165, 1.54) is 55.0 Å². The SMILES string of the molecule is CCSSCC(C(=O)O)N(C)C(=O)OCc1cc(OC)c(OC)cc1[N+](=O)[O-]. The average Bonchev–Trinajstić information content (AvgIpc) is 2.67. The molecule has 1 aromatic rings. The van der Waals surface area contributed by atoms with Gasteiger partial charge in [-0.2, -0.15) is 0 Å². The smallest absolute Gasteiger partial charge is 0.410 e. The maximum absolute atomic E-state index is 12.3. The monoisotopic (exact) mass is 434 g/mol. The molecule has 1 amide bonds. The molecule has 0 radical (unpaired) electrons. The van der Waals surface area contributed by atoms with E-state index in [1.54, 1.807) is 0 Å². The highest BCUT2D eigenvalue weighted by atomic mass is 33.1. The van der Waals surface area contributed by atoms with Crippen molar-refractivity contribution < 1.29 is 33.8 Å². The molecule has 156 valence electrons. The van der Waals surface area contributed by atoms with Crippen LogP contribution in [0.1, 0.15) is 12.5 Å². The number of amides is 1. The summed E-state index contributed by atoms with van der Waals surface area (Å²) < 4.78 is 15.2. The van der Waals surface area contributed by atoms with Gasteiger partial charge >= 0.3 is 12.1 Å². The van der Waals surface area contributed by atoms with E-state index in [0.29, 0.717) is 0 Å². The molecule has 1 unspecified atom stereocenters. The third-order valence-electron chi connectivity index (χ3n) is 3.60. The van der Waals surface area contributed by atoms with E-state index in [4.69, 9.17) is 14.2 Å². The molecule has 28 heavy (non-hydrogen) atoms. The van der Waals surface area contributed by atoms with Crippen LogP contribution in [-0.2, 0) is 16.1 Å². The summed E-state index contributed by atoms with van der Waals surface area (Å²) in [6.07, 6.45) is -0.904. The number of carboxylic acid groups (broad SMARTS) is 1. The molecule has 1 N–H and O–H groups in total. The van der Waals surface area contributed by atoms with E-state index in [-0.39, 0.29) is 28.5 Å². The Kier molecular flexibility index (Phi) is 9.73. The summed E-state index contributed by atoms with van der Waals surface area (Å²) in [4.78, 5) is 35.3. The van der Waals surface area contributed by atoms with E-state index in [2.05, 4.69) is 0 Å². The van der Waals surface area contributed by atoms with E-state index < -0.39 is 29.6 Å². The molecule has 0 fully saturated rings. The highest BCUT2D eigenvalue weighted by Gasteiger charge is 2.28. The van der Waals surface area contributed by atoms with Gasteiger partial charge in [0.2, 0.25) is 0 Å². The molecule has 0 bridgehead atoms. The summed E-state index contributed by atoms with van der Waals surface area (Å²) in [5, 5.41) is 20.6. The predicted molar refractivity (Wildman–Crippen MR) is 106 cm³/mol. The van der Waals surface area contributed by atoms with Crippen molar-refractivity contribution in [2.24, 2.45) is 0 Å². The highest BCUT2D eigenvalue weighted by molar-refractivity contribution is 8.76. The van der Waals surface area contributed by atoms with E-state index in [9.17, 15) is 24.8 Å². The quantitative estimate of drug-likeness (QED) is 0.240. The van der Waals surface area contributed by atoms with Gasteiger partial charge in [0.1, 0.15) is 12.6 Å². The fourth-order valence-electron chi connectivity index (χ4n) is 2.11. The van der Waals surface area contributed by atoms with Crippen molar-refractivity contribution in [2.45, 2.75) is 19.6 Å². The van der Waals surface area contributed by atoms with Crippen LogP contribution in [-0.4, -0.2) is 65.8 Å². The van der Waals surface area contributed by atoms with Crippen LogP contribution in [0, 0.1) is 10.1 Å². The molecule has 0 aliphatic heterocycles. The van der Waals surface area contributed by atoms with Crippen molar-refractivity contribution in [3.8, 4) is 11.5 Å². The Bertz CT molecular complexity index is 716. The highest BCUT2D eigenvalue weighted by Crippen LogP contribution is 2.35. The van der Waals surface area contributed by atoms with Crippen molar-refractivity contribution in [1.29, 1.82) is 0 Å². The first-order valence-corrected chi connectivity index (χ1v) is 10.5. The maximum atomic E-state index is 12.3. The van der Waals surface area contributed by atoms with Gasteiger partial charge in [0.05, 0.1) is 30.8 Å². The van der Waals surface area contributed by atoms with Gasteiger partial charge in [0.15, 0.2) is 11.5 Å². The van der Waals surface area contributed by atoms with Crippen molar-refractivity contribution >= 4 is 39.3 Å². The Morgan fingerprint density at radius 1 is 1.25 bits per heavy atom. The lowest BCUT2D eigenvalue weighted by atomic mass is 10.1. The molecule has 0 saturated heterocycles. The van der Waals surface area contributed by atoms with Crippen LogP contribution in [0.15, 0.2) is 12.1 Å². The minimum absolute atomic E-state index is 0.0900. The van der Waals surface area contributed by atoms with E-state index in [1.807, 2.05) is 6.92 Å². The molecule has 0 aliphatic rings. The lowest BCUT2D eigenvalue weighted by Crippen LogP contribution is -2.44. The third kappa shape index (κ3) is 6.37. The number of nitro groups is 1. The minimum atomic E-state index is -1.17. The number of ether oxygens (including phenoxy) is 3. The molecular weight excluding hydrogens is 412 g/mol. The fourth-order valence-corrected chi connectivity index (χ4v) is 4.04. The van der Waals surface area contributed by atoms with Crippen LogP contribution in [0.3, 0.4) is 0 Å². The number of aliphatic carboxylic acids is 1. The fraction of sp³-hybridized carbons (Fsp3) is 0.500. The van der Waals surface area contributed by atoms with Gasteiger partial charge in [-0.1, -0.05) is 28.5 Å². The number of carboxylic acids is 1. The molecule has 1 aromatic carbocycles. The number of hydrogen-bond donors (Lipinski definition) is 1. The van der Waals surface area contributed by atoms with Gasteiger partial charge < -0.3 is 19.3 Å². The molecule has 0 spiro atoms. The number of nitro benzene ring substituents is 1. The van der Waals surface area contributed by atoms with E-state index >= 15 is 0 Å². The van der Waals surface area contributed by atoms with Crippen LogP contribution in [0.5, 0.6) is 11.5 Å². The van der Waals surface area contributed by atoms with Crippen molar-refractivity contribution in [3.63, 3.8) is 0 Å². The molecule has 12 heteroatoms. The van der Waals surface area contributed by atoms with Gasteiger partial charge in [-0.05, 0) is 6.07 Å². The van der Waals surface area contributed by atoms with Crippen LogP contribution >= 0.6 is 21.6 Å². The average molecular weight is 434 g/mol. The summed E-state index contributed by atoms with van der Waals surface area (Å²) in [7, 11) is 6.83. The molecule has 0 aliphatic carbocycles.